The topological polar surface area (TPSA) is 47.9 Å². The lowest BCUT2D eigenvalue weighted by Crippen LogP contribution is -2.05. The van der Waals surface area contributed by atoms with Gasteiger partial charge in [-0.2, -0.15) is 18.2 Å². The van der Waals surface area contributed by atoms with Crippen LogP contribution in [0.15, 0.2) is 35.7 Å². The molecule has 136 valence electrons. The van der Waals surface area contributed by atoms with E-state index in [4.69, 9.17) is 4.74 Å². The second kappa shape index (κ2) is 7.03. The summed E-state index contributed by atoms with van der Waals surface area (Å²) in [6, 6.07) is 6.88. The fourth-order valence-corrected chi connectivity index (χ4v) is 3.38. The summed E-state index contributed by atoms with van der Waals surface area (Å²) in [4.78, 5) is 13.1. The third-order valence-electron chi connectivity index (χ3n) is 3.92. The molecule has 3 aromatic rings. The first-order valence-corrected chi connectivity index (χ1v) is 8.68. The average molecular weight is 379 g/mol. The Labute approximate surface area is 152 Å². The van der Waals surface area contributed by atoms with Crippen LogP contribution in [0.4, 0.5) is 13.2 Å². The number of alkyl halides is 3. The Morgan fingerprint density at radius 3 is 2.35 bits per heavy atom. The molecule has 0 aliphatic carbocycles. The number of methoxy groups -OCH3 is 1. The Morgan fingerprint density at radius 1 is 1.04 bits per heavy atom. The Balaban J connectivity index is 1.86. The molecule has 0 radical (unpaired) electrons. The summed E-state index contributed by atoms with van der Waals surface area (Å²) < 4.78 is 43.2. The summed E-state index contributed by atoms with van der Waals surface area (Å²) in [6.07, 6.45) is -4.33. The minimum absolute atomic E-state index is 0.124. The van der Waals surface area contributed by atoms with E-state index in [9.17, 15) is 13.2 Å². The molecule has 0 aliphatic heterocycles. The highest BCUT2D eigenvalue weighted by Gasteiger charge is 2.30. The molecule has 0 N–H and O–H groups in total. The zero-order chi connectivity index (χ0) is 18.9. The predicted molar refractivity (Wildman–Crippen MR) is 93.4 cm³/mol. The fraction of sp³-hybridized carbons (Fsp3) is 0.278. The average Bonchev–Trinajstić information content (AvgIpc) is 3.10. The first kappa shape index (κ1) is 18.3. The van der Waals surface area contributed by atoms with Crippen molar-refractivity contribution in [1.82, 2.24) is 15.0 Å². The largest absolute Gasteiger partial charge is 0.481 e. The summed E-state index contributed by atoms with van der Waals surface area (Å²) in [6.45, 7) is 3.68. The number of benzene rings is 1. The number of aromatic nitrogens is 3. The molecule has 1 atom stereocenters. The molecule has 8 heteroatoms. The first-order chi connectivity index (χ1) is 12.3. The molecule has 1 aromatic carbocycles. The maximum Gasteiger partial charge on any atom is 0.416 e. The Kier molecular flexibility index (Phi) is 4.95. The van der Waals surface area contributed by atoms with E-state index in [1.165, 1.54) is 30.6 Å². The zero-order valence-corrected chi connectivity index (χ0v) is 15.1. The first-order valence-electron chi connectivity index (χ1n) is 7.80. The number of ether oxygens (including phenoxy) is 1. The van der Waals surface area contributed by atoms with Crippen molar-refractivity contribution in [3.63, 3.8) is 0 Å². The highest BCUT2D eigenvalue weighted by Crippen LogP contribution is 2.33. The smallest absolute Gasteiger partial charge is 0.416 e. The molecule has 0 fully saturated rings. The number of hydrogen-bond acceptors (Lipinski definition) is 5. The number of rotatable bonds is 4. The molecule has 0 saturated carbocycles. The molecule has 1 unspecified atom stereocenters. The number of nitrogens with zero attached hydrogens (tertiary/aromatic N) is 3. The SMILES string of the molecule is COc1cc(-c2csc(C(C)c3ccc(C(F)(F)F)cc3)n2)nc(C)n1. The molecule has 2 aromatic heterocycles. The van der Waals surface area contributed by atoms with Gasteiger partial charge in [-0.3, -0.25) is 0 Å². The monoisotopic (exact) mass is 379 g/mol. The number of hydrogen-bond donors (Lipinski definition) is 0. The van der Waals surface area contributed by atoms with Crippen LogP contribution in [0.25, 0.3) is 11.4 Å². The molecule has 26 heavy (non-hydrogen) atoms. The van der Waals surface area contributed by atoms with Crippen LogP contribution in [0.3, 0.4) is 0 Å². The summed E-state index contributed by atoms with van der Waals surface area (Å²) in [5, 5.41) is 2.67. The molecular formula is C18H16F3N3OS. The van der Waals surface area contributed by atoms with E-state index >= 15 is 0 Å². The second-order valence-corrected chi connectivity index (χ2v) is 6.64. The van der Waals surface area contributed by atoms with Crippen LogP contribution in [0.2, 0.25) is 0 Å². The van der Waals surface area contributed by atoms with E-state index in [0.717, 1.165) is 22.7 Å². The molecule has 3 rings (SSSR count). The van der Waals surface area contributed by atoms with E-state index < -0.39 is 11.7 Å². The van der Waals surface area contributed by atoms with Gasteiger partial charge in [-0.05, 0) is 24.6 Å². The van der Waals surface area contributed by atoms with Gasteiger partial charge >= 0.3 is 6.18 Å². The molecule has 0 amide bonds. The van der Waals surface area contributed by atoms with Crippen molar-refractivity contribution < 1.29 is 17.9 Å². The van der Waals surface area contributed by atoms with Gasteiger partial charge in [0.25, 0.3) is 0 Å². The molecule has 2 heterocycles. The van der Waals surface area contributed by atoms with Gasteiger partial charge in [0.2, 0.25) is 5.88 Å². The summed E-state index contributed by atoms with van der Waals surface area (Å²) >= 11 is 1.44. The van der Waals surface area contributed by atoms with Gasteiger partial charge in [-0.25, -0.2) is 9.97 Å². The normalized spacial score (nSPS) is 12.8. The number of halogens is 3. The van der Waals surface area contributed by atoms with Gasteiger partial charge in [0.15, 0.2) is 0 Å². The second-order valence-electron chi connectivity index (χ2n) is 5.76. The van der Waals surface area contributed by atoms with Crippen molar-refractivity contribution in [3.05, 3.63) is 57.7 Å². The van der Waals surface area contributed by atoms with Crippen molar-refractivity contribution in [2.24, 2.45) is 0 Å². The maximum absolute atomic E-state index is 12.7. The van der Waals surface area contributed by atoms with Crippen LogP contribution < -0.4 is 4.74 Å². The van der Waals surface area contributed by atoms with E-state index in [1.54, 1.807) is 13.0 Å². The number of aryl methyl sites for hydroxylation is 1. The summed E-state index contributed by atoms with van der Waals surface area (Å²) in [7, 11) is 1.53. The highest BCUT2D eigenvalue weighted by molar-refractivity contribution is 7.10. The van der Waals surface area contributed by atoms with Crippen molar-refractivity contribution >= 4 is 11.3 Å². The molecule has 4 nitrogen and oxygen atoms in total. The molecule has 0 spiro atoms. The molecule has 0 saturated heterocycles. The number of thiazole rings is 1. The van der Waals surface area contributed by atoms with Crippen LogP contribution >= 0.6 is 11.3 Å². The van der Waals surface area contributed by atoms with Gasteiger partial charge in [0.05, 0.1) is 18.4 Å². The third-order valence-corrected chi connectivity index (χ3v) is 4.94. The van der Waals surface area contributed by atoms with Crippen LogP contribution in [0.5, 0.6) is 5.88 Å². The van der Waals surface area contributed by atoms with Gasteiger partial charge in [-0.15, -0.1) is 11.3 Å². The van der Waals surface area contributed by atoms with Crippen molar-refractivity contribution in [3.8, 4) is 17.3 Å². The van der Waals surface area contributed by atoms with E-state index in [-0.39, 0.29) is 5.92 Å². The Morgan fingerprint density at radius 2 is 1.73 bits per heavy atom. The van der Waals surface area contributed by atoms with Gasteiger partial charge in [0.1, 0.15) is 16.5 Å². The zero-order valence-electron chi connectivity index (χ0n) is 14.3. The van der Waals surface area contributed by atoms with Crippen molar-refractivity contribution in [2.75, 3.05) is 7.11 Å². The van der Waals surface area contributed by atoms with Crippen LogP contribution in [0.1, 0.15) is 34.8 Å². The van der Waals surface area contributed by atoms with E-state index in [1.807, 2.05) is 12.3 Å². The summed E-state index contributed by atoms with van der Waals surface area (Å²) in [5.74, 6) is 0.906. The van der Waals surface area contributed by atoms with Gasteiger partial charge in [-0.1, -0.05) is 19.1 Å². The lowest BCUT2D eigenvalue weighted by Gasteiger charge is -2.11. The lowest BCUT2D eigenvalue weighted by atomic mass is 10.0. The van der Waals surface area contributed by atoms with Gasteiger partial charge < -0.3 is 4.74 Å². The van der Waals surface area contributed by atoms with Crippen LogP contribution in [-0.2, 0) is 6.18 Å². The minimum Gasteiger partial charge on any atom is -0.481 e. The predicted octanol–water partition coefficient (Wildman–Crippen LogP) is 5.09. The fourth-order valence-electron chi connectivity index (χ4n) is 2.48. The third kappa shape index (κ3) is 3.85. The lowest BCUT2D eigenvalue weighted by molar-refractivity contribution is -0.137. The molecular weight excluding hydrogens is 363 g/mol. The van der Waals surface area contributed by atoms with Gasteiger partial charge in [0, 0.05) is 17.4 Å². The summed E-state index contributed by atoms with van der Waals surface area (Å²) in [5.41, 5.74) is 1.45. The maximum atomic E-state index is 12.7. The standard InChI is InChI=1S/C18H16F3N3OS/c1-10(12-4-6-13(7-5-12)18(19,20)21)17-24-15(9-26-17)14-8-16(25-3)23-11(2)22-14/h4-10H,1-3H3. The Hall–Kier alpha value is -2.48. The Bertz CT molecular complexity index is 907. The van der Waals surface area contributed by atoms with E-state index in [2.05, 4.69) is 15.0 Å². The molecule has 0 aliphatic rings. The van der Waals surface area contributed by atoms with Crippen LogP contribution in [0, 0.1) is 6.92 Å². The van der Waals surface area contributed by atoms with E-state index in [0.29, 0.717) is 23.1 Å². The minimum atomic E-state index is -4.33. The van der Waals surface area contributed by atoms with Crippen molar-refractivity contribution in [1.29, 1.82) is 0 Å². The molecule has 0 bridgehead atoms. The highest BCUT2D eigenvalue weighted by atomic mass is 32.1. The van der Waals surface area contributed by atoms with Crippen molar-refractivity contribution in [2.45, 2.75) is 25.9 Å². The van der Waals surface area contributed by atoms with Crippen LogP contribution in [-0.4, -0.2) is 22.1 Å². The quantitative estimate of drug-likeness (QED) is 0.634.